The molecule has 0 radical (unpaired) electrons. The summed E-state index contributed by atoms with van der Waals surface area (Å²) < 4.78 is 32.4. The SMILES string of the molecule is Cc1ccc(-c2nc(Cn3cc(S(=O)(=O)N(C)C)ccc3=O)cs2)o1. The number of hydrogen-bond donors (Lipinski definition) is 0. The van der Waals surface area contributed by atoms with Crippen LogP contribution in [0, 0.1) is 6.92 Å². The van der Waals surface area contributed by atoms with Crippen LogP contribution in [0.25, 0.3) is 10.8 Å². The molecular weight excluding hydrogens is 362 g/mol. The quantitative estimate of drug-likeness (QED) is 0.678. The summed E-state index contributed by atoms with van der Waals surface area (Å²) in [4.78, 5) is 16.6. The predicted molar refractivity (Wildman–Crippen MR) is 95.2 cm³/mol. The lowest BCUT2D eigenvalue weighted by molar-refractivity contribution is 0.519. The van der Waals surface area contributed by atoms with Crippen molar-refractivity contribution >= 4 is 21.4 Å². The van der Waals surface area contributed by atoms with Crippen LogP contribution < -0.4 is 5.56 Å². The Labute approximate surface area is 149 Å². The Morgan fingerprint density at radius 1 is 1.24 bits per heavy atom. The number of aryl methyl sites for hydroxylation is 1. The van der Waals surface area contributed by atoms with Crippen LogP contribution in [0.3, 0.4) is 0 Å². The first-order valence-corrected chi connectivity index (χ1v) is 9.73. The van der Waals surface area contributed by atoms with E-state index in [9.17, 15) is 13.2 Å². The summed E-state index contributed by atoms with van der Waals surface area (Å²) in [6, 6.07) is 6.26. The van der Waals surface area contributed by atoms with E-state index in [1.165, 1.54) is 48.3 Å². The van der Waals surface area contributed by atoms with Gasteiger partial charge < -0.3 is 8.98 Å². The molecular formula is C16H17N3O4S2. The van der Waals surface area contributed by atoms with Gasteiger partial charge in [-0.25, -0.2) is 17.7 Å². The van der Waals surface area contributed by atoms with Gasteiger partial charge in [-0.15, -0.1) is 11.3 Å². The highest BCUT2D eigenvalue weighted by atomic mass is 32.2. The third-order valence-electron chi connectivity index (χ3n) is 3.57. The van der Waals surface area contributed by atoms with Crippen LogP contribution in [-0.2, 0) is 16.6 Å². The Morgan fingerprint density at radius 3 is 2.64 bits per heavy atom. The van der Waals surface area contributed by atoms with Crippen molar-refractivity contribution in [1.82, 2.24) is 13.9 Å². The van der Waals surface area contributed by atoms with Gasteiger partial charge in [0, 0.05) is 31.7 Å². The normalized spacial score (nSPS) is 12.0. The standard InChI is InChI=1S/C16H17N3O4S2/c1-11-4-6-14(23-11)16-17-12(10-24-16)8-19-9-13(5-7-15(19)20)25(21,22)18(2)3/h4-7,9-10H,8H2,1-3H3. The molecule has 0 aliphatic rings. The summed E-state index contributed by atoms with van der Waals surface area (Å²) in [6.07, 6.45) is 1.34. The molecule has 0 amide bonds. The number of rotatable bonds is 5. The lowest BCUT2D eigenvalue weighted by Gasteiger charge is -2.12. The van der Waals surface area contributed by atoms with Crippen LogP contribution in [0.1, 0.15) is 11.5 Å². The Balaban J connectivity index is 1.91. The van der Waals surface area contributed by atoms with E-state index in [1.54, 1.807) is 0 Å². The summed E-state index contributed by atoms with van der Waals surface area (Å²) in [5.41, 5.74) is 0.372. The van der Waals surface area contributed by atoms with Crippen molar-refractivity contribution in [1.29, 1.82) is 0 Å². The Hall–Kier alpha value is -2.23. The maximum Gasteiger partial charge on any atom is 0.250 e. The fourth-order valence-corrected chi connectivity index (χ4v) is 3.91. The molecule has 3 aromatic rings. The Kier molecular flexibility index (Phi) is 4.63. The molecule has 7 nitrogen and oxygen atoms in total. The van der Waals surface area contributed by atoms with Crippen molar-refractivity contribution in [3.63, 3.8) is 0 Å². The van der Waals surface area contributed by atoms with E-state index in [4.69, 9.17) is 4.42 Å². The largest absolute Gasteiger partial charge is 0.459 e. The Morgan fingerprint density at radius 2 is 2.00 bits per heavy atom. The zero-order valence-electron chi connectivity index (χ0n) is 14.0. The fourth-order valence-electron chi connectivity index (χ4n) is 2.21. The first kappa shape index (κ1) is 17.6. The Bertz CT molecular complexity index is 1060. The van der Waals surface area contributed by atoms with Crippen molar-refractivity contribution in [3.8, 4) is 10.8 Å². The zero-order valence-corrected chi connectivity index (χ0v) is 15.6. The molecule has 3 aromatic heterocycles. The lowest BCUT2D eigenvalue weighted by Crippen LogP contribution is -2.26. The van der Waals surface area contributed by atoms with Gasteiger partial charge in [-0.3, -0.25) is 4.79 Å². The van der Waals surface area contributed by atoms with Crippen LogP contribution in [0.5, 0.6) is 0 Å². The average molecular weight is 379 g/mol. The summed E-state index contributed by atoms with van der Waals surface area (Å²) in [5.74, 6) is 1.47. The third kappa shape index (κ3) is 3.58. The van der Waals surface area contributed by atoms with E-state index in [0.717, 1.165) is 10.1 Å². The zero-order chi connectivity index (χ0) is 18.2. The molecule has 132 valence electrons. The van der Waals surface area contributed by atoms with Crippen molar-refractivity contribution in [2.45, 2.75) is 18.4 Å². The molecule has 0 unspecified atom stereocenters. The minimum atomic E-state index is -3.60. The molecule has 9 heteroatoms. The maximum absolute atomic E-state index is 12.2. The number of hydrogen-bond acceptors (Lipinski definition) is 6. The number of aromatic nitrogens is 2. The van der Waals surface area contributed by atoms with Crippen molar-refractivity contribution in [2.24, 2.45) is 0 Å². The average Bonchev–Trinajstić information content (AvgIpc) is 3.18. The molecule has 3 rings (SSSR count). The molecule has 0 spiro atoms. The van der Waals surface area contributed by atoms with Gasteiger partial charge >= 0.3 is 0 Å². The summed E-state index contributed by atoms with van der Waals surface area (Å²) in [5, 5.41) is 2.54. The molecule has 0 atom stereocenters. The van der Waals surface area contributed by atoms with E-state index in [2.05, 4.69) is 4.98 Å². The molecule has 0 N–H and O–H groups in total. The lowest BCUT2D eigenvalue weighted by atomic mass is 10.4. The van der Waals surface area contributed by atoms with Gasteiger partial charge in [-0.05, 0) is 25.1 Å². The summed E-state index contributed by atoms with van der Waals surface area (Å²) in [7, 11) is -0.708. The molecule has 0 aliphatic carbocycles. The van der Waals surface area contributed by atoms with E-state index < -0.39 is 10.0 Å². The molecule has 3 heterocycles. The molecule has 25 heavy (non-hydrogen) atoms. The van der Waals surface area contributed by atoms with Gasteiger partial charge in [-0.1, -0.05) is 0 Å². The van der Waals surface area contributed by atoms with Crippen molar-refractivity contribution in [2.75, 3.05) is 14.1 Å². The number of furan rings is 1. The van der Waals surface area contributed by atoms with E-state index >= 15 is 0 Å². The smallest absolute Gasteiger partial charge is 0.250 e. The van der Waals surface area contributed by atoms with Crippen LogP contribution in [0.15, 0.2) is 49.9 Å². The second kappa shape index (κ2) is 6.58. The van der Waals surface area contributed by atoms with Crippen LogP contribution in [-0.4, -0.2) is 36.4 Å². The number of pyridine rings is 1. The topological polar surface area (TPSA) is 85.4 Å². The third-order valence-corrected chi connectivity index (χ3v) is 6.27. The van der Waals surface area contributed by atoms with Gasteiger partial charge in [-0.2, -0.15) is 0 Å². The predicted octanol–water partition coefficient (Wildman–Crippen LogP) is 2.17. The van der Waals surface area contributed by atoms with Crippen LogP contribution in [0.2, 0.25) is 0 Å². The van der Waals surface area contributed by atoms with E-state index in [1.807, 2.05) is 24.4 Å². The highest BCUT2D eigenvalue weighted by Gasteiger charge is 2.18. The van der Waals surface area contributed by atoms with Crippen molar-refractivity contribution in [3.05, 3.63) is 57.7 Å². The highest BCUT2D eigenvalue weighted by molar-refractivity contribution is 7.89. The number of nitrogens with zero attached hydrogens (tertiary/aromatic N) is 3. The van der Waals surface area contributed by atoms with Gasteiger partial charge in [0.2, 0.25) is 10.0 Å². The highest BCUT2D eigenvalue weighted by Crippen LogP contribution is 2.25. The molecule has 0 fully saturated rings. The van der Waals surface area contributed by atoms with Crippen LogP contribution >= 0.6 is 11.3 Å². The minimum absolute atomic E-state index is 0.0641. The van der Waals surface area contributed by atoms with Crippen molar-refractivity contribution < 1.29 is 12.8 Å². The monoisotopic (exact) mass is 379 g/mol. The van der Waals surface area contributed by atoms with Gasteiger partial charge in [0.1, 0.15) is 5.76 Å². The number of sulfonamides is 1. The fraction of sp³-hybridized carbons (Fsp3) is 0.250. The molecule has 0 aromatic carbocycles. The van der Waals surface area contributed by atoms with Gasteiger partial charge in [0.05, 0.1) is 17.1 Å². The van der Waals surface area contributed by atoms with E-state index in [-0.39, 0.29) is 17.0 Å². The minimum Gasteiger partial charge on any atom is -0.459 e. The summed E-state index contributed by atoms with van der Waals surface area (Å²) >= 11 is 1.41. The van der Waals surface area contributed by atoms with Gasteiger partial charge in [0.15, 0.2) is 10.8 Å². The maximum atomic E-state index is 12.2. The molecule has 0 saturated heterocycles. The van der Waals surface area contributed by atoms with E-state index in [0.29, 0.717) is 16.5 Å². The molecule has 0 aliphatic heterocycles. The second-order valence-corrected chi connectivity index (χ2v) is 8.68. The first-order chi connectivity index (χ1) is 11.8. The number of thiazole rings is 1. The van der Waals surface area contributed by atoms with Gasteiger partial charge in [0.25, 0.3) is 5.56 Å². The second-order valence-electron chi connectivity index (χ2n) is 5.67. The molecule has 0 saturated carbocycles. The first-order valence-electron chi connectivity index (χ1n) is 7.41. The summed E-state index contributed by atoms with van der Waals surface area (Å²) in [6.45, 7) is 2.04. The molecule has 0 bridgehead atoms. The van der Waals surface area contributed by atoms with Crippen LogP contribution in [0.4, 0.5) is 0 Å².